The SMILES string of the molecule is O=C(COc1ccccc1)Oc1c(F)c(F)c(F)c(F)c1F. The van der Waals surface area contributed by atoms with Crippen molar-refractivity contribution in [1.82, 2.24) is 0 Å². The van der Waals surface area contributed by atoms with Gasteiger partial charge in [0.05, 0.1) is 0 Å². The molecule has 2 aromatic carbocycles. The molecule has 0 unspecified atom stereocenters. The van der Waals surface area contributed by atoms with Gasteiger partial charge in [-0.3, -0.25) is 0 Å². The summed E-state index contributed by atoms with van der Waals surface area (Å²) in [6.07, 6.45) is 0. The quantitative estimate of drug-likeness (QED) is 0.285. The molecule has 0 heterocycles. The number of rotatable bonds is 4. The highest BCUT2D eigenvalue weighted by Crippen LogP contribution is 2.29. The highest BCUT2D eigenvalue weighted by atomic mass is 19.2. The summed E-state index contributed by atoms with van der Waals surface area (Å²) in [5.41, 5.74) is 0. The van der Waals surface area contributed by atoms with Gasteiger partial charge in [0.25, 0.3) is 0 Å². The summed E-state index contributed by atoms with van der Waals surface area (Å²) >= 11 is 0. The van der Waals surface area contributed by atoms with Gasteiger partial charge in [-0.15, -0.1) is 0 Å². The first-order chi connectivity index (χ1) is 10.4. The first-order valence-corrected chi connectivity index (χ1v) is 5.81. The molecule has 0 atom stereocenters. The summed E-state index contributed by atoms with van der Waals surface area (Å²) in [5, 5.41) is 0. The molecule has 0 bridgehead atoms. The minimum atomic E-state index is -2.34. The molecule has 0 aliphatic rings. The van der Waals surface area contributed by atoms with Crippen LogP contribution < -0.4 is 9.47 Å². The molecule has 0 aromatic heterocycles. The predicted octanol–water partition coefficient (Wildman–Crippen LogP) is 3.37. The number of carbonyl (C=O) groups excluding carboxylic acids is 1. The Kier molecular flexibility index (Phi) is 4.59. The lowest BCUT2D eigenvalue weighted by atomic mass is 10.2. The Morgan fingerprint density at radius 2 is 1.32 bits per heavy atom. The number of para-hydroxylation sites is 1. The van der Waals surface area contributed by atoms with Gasteiger partial charge in [-0.05, 0) is 12.1 Å². The van der Waals surface area contributed by atoms with Gasteiger partial charge >= 0.3 is 5.97 Å². The second-order valence-electron chi connectivity index (χ2n) is 3.97. The fourth-order valence-electron chi connectivity index (χ4n) is 1.48. The zero-order chi connectivity index (χ0) is 16.3. The second-order valence-corrected chi connectivity index (χ2v) is 3.97. The highest BCUT2D eigenvalue weighted by Gasteiger charge is 2.28. The summed E-state index contributed by atoms with van der Waals surface area (Å²) in [5.74, 6) is -13.9. The normalized spacial score (nSPS) is 10.4. The monoisotopic (exact) mass is 318 g/mol. The standard InChI is InChI=1S/C14H7F5O3/c15-9-10(16)12(18)14(13(19)11(9)17)22-8(20)6-21-7-4-2-1-3-5-7/h1-5H,6H2. The largest absolute Gasteiger partial charge is 0.482 e. The van der Waals surface area contributed by atoms with Crippen molar-refractivity contribution in [2.24, 2.45) is 0 Å². The molecule has 0 aliphatic carbocycles. The fraction of sp³-hybridized carbons (Fsp3) is 0.0714. The van der Waals surface area contributed by atoms with Crippen LogP contribution in [-0.2, 0) is 4.79 Å². The van der Waals surface area contributed by atoms with Crippen LogP contribution in [0.15, 0.2) is 30.3 Å². The average Bonchev–Trinajstić information content (AvgIpc) is 2.54. The van der Waals surface area contributed by atoms with E-state index in [2.05, 4.69) is 4.74 Å². The third-order valence-corrected chi connectivity index (χ3v) is 2.49. The van der Waals surface area contributed by atoms with E-state index in [4.69, 9.17) is 4.74 Å². The number of carbonyl (C=O) groups is 1. The van der Waals surface area contributed by atoms with Crippen LogP contribution in [0.4, 0.5) is 22.0 Å². The lowest BCUT2D eigenvalue weighted by Gasteiger charge is -2.09. The van der Waals surface area contributed by atoms with E-state index in [1.807, 2.05) is 0 Å². The third-order valence-electron chi connectivity index (χ3n) is 2.49. The Hall–Kier alpha value is -2.64. The minimum absolute atomic E-state index is 0.261. The van der Waals surface area contributed by atoms with E-state index in [9.17, 15) is 26.7 Å². The summed E-state index contributed by atoms with van der Waals surface area (Å²) in [7, 11) is 0. The molecule has 2 aromatic rings. The molecule has 0 saturated carbocycles. The molecule has 0 saturated heterocycles. The molecule has 2 rings (SSSR count). The van der Waals surface area contributed by atoms with Crippen LogP contribution in [0.1, 0.15) is 0 Å². The van der Waals surface area contributed by atoms with Gasteiger partial charge in [0.2, 0.25) is 34.8 Å². The van der Waals surface area contributed by atoms with Crippen molar-refractivity contribution < 1.29 is 36.2 Å². The Morgan fingerprint density at radius 3 is 1.86 bits per heavy atom. The van der Waals surface area contributed by atoms with Crippen LogP contribution >= 0.6 is 0 Å². The van der Waals surface area contributed by atoms with Gasteiger partial charge in [-0.1, -0.05) is 18.2 Å². The molecule has 0 aliphatic heterocycles. The van der Waals surface area contributed by atoms with Crippen molar-refractivity contribution in [3.05, 3.63) is 59.4 Å². The second kappa shape index (κ2) is 6.42. The van der Waals surface area contributed by atoms with Crippen LogP contribution in [0.25, 0.3) is 0 Å². The Bertz CT molecular complexity index is 674. The molecule has 0 N–H and O–H groups in total. The molecule has 0 radical (unpaired) electrons. The number of ether oxygens (including phenoxy) is 2. The van der Waals surface area contributed by atoms with E-state index in [1.165, 1.54) is 12.1 Å². The van der Waals surface area contributed by atoms with E-state index in [0.29, 0.717) is 0 Å². The minimum Gasteiger partial charge on any atom is -0.482 e. The summed E-state index contributed by atoms with van der Waals surface area (Å²) < 4.78 is 74.3. The average molecular weight is 318 g/mol. The number of benzene rings is 2. The van der Waals surface area contributed by atoms with Crippen molar-refractivity contribution in [2.45, 2.75) is 0 Å². The topological polar surface area (TPSA) is 35.5 Å². The first kappa shape index (κ1) is 15.7. The van der Waals surface area contributed by atoms with Crippen molar-refractivity contribution >= 4 is 5.97 Å². The van der Waals surface area contributed by atoms with E-state index >= 15 is 0 Å². The van der Waals surface area contributed by atoms with Crippen LogP contribution in [0.2, 0.25) is 0 Å². The maximum Gasteiger partial charge on any atom is 0.349 e. The maximum atomic E-state index is 13.3. The van der Waals surface area contributed by atoms with Crippen molar-refractivity contribution in [1.29, 1.82) is 0 Å². The highest BCUT2D eigenvalue weighted by molar-refractivity contribution is 5.74. The molecule has 116 valence electrons. The number of esters is 1. The van der Waals surface area contributed by atoms with Crippen LogP contribution in [-0.4, -0.2) is 12.6 Å². The van der Waals surface area contributed by atoms with Gasteiger partial charge in [-0.2, -0.15) is 8.78 Å². The van der Waals surface area contributed by atoms with Gasteiger partial charge in [0, 0.05) is 0 Å². The number of hydrogen-bond acceptors (Lipinski definition) is 3. The number of halogens is 5. The van der Waals surface area contributed by atoms with Crippen LogP contribution in [0.3, 0.4) is 0 Å². The van der Waals surface area contributed by atoms with Crippen molar-refractivity contribution in [2.75, 3.05) is 6.61 Å². The maximum absolute atomic E-state index is 13.3. The third kappa shape index (κ3) is 3.16. The molecule has 0 amide bonds. The number of hydrogen-bond donors (Lipinski definition) is 0. The Balaban J connectivity index is 2.12. The van der Waals surface area contributed by atoms with E-state index in [-0.39, 0.29) is 5.75 Å². The van der Waals surface area contributed by atoms with Gasteiger partial charge in [0.1, 0.15) is 5.75 Å². The molecule has 0 fully saturated rings. The van der Waals surface area contributed by atoms with E-state index in [0.717, 1.165) is 0 Å². The van der Waals surface area contributed by atoms with Gasteiger partial charge in [0.15, 0.2) is 6.61 Å². The summed E-state index contributed by atoms with van der Waals surface area (Å²) in [6.45, 7) is -0.774. The van der Waals surface area contributed by atoms with Gasteiger partial charge < -0.3 is 9.47 Å². The fourth-order valence-corrected chi connectivity index (χ4v) is 1.48. The Morgan fingerprint density at radius 1 is 0.818 bits per heavy atom. The molecule has 3 nitrogen and oxygen atoms in total. The van der Waals surface area contributed by atoms with Crippen LogP contribution in [0.5, 0.6) is 11.5 Å². The van der Waals surface area contributed by atoms with Gasteiger partial charge in [-0.25, -0.2) is 18.0 Å². The zero-order valence-electron chi connectivity index (χ0n) is 10.7. The van der Waals surface area contributed by atoms with Crippen molar-refractivity contribution in [3.8, 4) is 11.5 Å². The molecule has 8 heteroatoms. The van der Waals surface area contributed by atoms with E-state index < -0.39 is 47.4 Å². The van der Waals surface area contributed by atoms with Crippen molar-refractivity contribution in [3.63, 3.8) is 0 Å². The van der Waals surface area contributed by atoms with E-state index in [1.54, 1.807) is 18.2 Å². The molecular formula is C14H7F5O3. The lowest BCUT2D eigenvalue weighted by molar-refractivity contribution is -0.137. The summed E-state index contributed by atoms with van der Waals surface area (Å²) in [4.78, 5) is 11.4. The zero-order valence-corrected chi connectivity index (χ0v) is 10.7. The predicted molar refractivity (Wildman–Crippen MR) is 63.8 cm³/mol. The molecular weight excluding hydrogens is 311 g/mol. The summed E-state index contributed by atoms with van der Waals surface area (Å²) in [6, 6.07) is 7.87. The van der Waals surface area contributed by atoms with Crippen LogP contribution in [0, 0.1) is 29.1 Å². The molecule has 22 heavy (non-hydrogen) atoms. The molecule has 0 spiro atoms. The lowest BCUT2D eigenvalue weighted by Crippen LogP contribution is -2.20. The smallest absolute Gasteiger partial charge is 0.349 e. The first-order valence-electron chi connectivity index (χ1n) is 5.81. The Labute approximate surface area is 120 Å².